The van der Waals surface area contributed by atoms with E-state index in [9.17, 15) is 4.79 Å². The summed E-state index contributed by atoms with van der Waals surface area (Å²) in [5, 5.41) is 7.51. The lowest BCUT2D eigenvalue weighted by atomic mass is 10.1. The van der Waals surface area contributed by atoms with Gasteiger partial charge in [0.2, 0.25) is 5.91 Å². The van der Waals surface area contributed by atoms with Crippen molar-refractivity contribution in [2.24, 2.45) is 5.92 Å². The molecule has 1 fully saturated rings. The molecule has 1 aliphatic heterocycles. The number of nitrogens with one attached hydrogen (secondary N) is 1. The highest BCUT2D eigenvalue weighted by atomic mass is 32.1. The molecule has 1 amide bonds. The van der Waals surface area contributed by atoms with Gasteiger partial charge in [0.05, 0.1) is 6.04 Å². The number of hydrogen-bond acceptors (Lipinski definition) is 3. The van der Waals surface area contributed by atoms with Crippen molar-refractivity contribution in [1.29, 1.82) is 0 Å². The Kier molecular flexibility index (Phi) is 6.71. The number of hydrogen-bond donors (Lipinski definition) is 1. The molecule has 1 N–H and O–H groups in total. The first-order valence-electron chi connectivity index (χ1n) is 8.19. The number of thiophene rings is 1. The maximum absolute atomic E-state index is 12.0. The molecule has 0 aromatic carbocycles. The predicted octanol–water partition coefficient (Wildman–Crippen LogP) is 3.83. The van der Waals surface area contributed by atoms with Crippen molar-refractivity contribution in [1.82, 2.24) is 10.2 Å². The summed E-state index contributed by atoms with van der Waals surface area (Å²) in [6.07, 6.45) is 5.86. The van der Waals surface area contributed by atoms with Gasteiger partial charge >= 0.3 is 0 Å². The number of rotatable bonds is 6. The molecule has 0 spiro atoms. The summed E-state index contributed by atoms with van der Waals surface area (Å²) in [4.78, 5) is 14.5. The van der Waals surface area contributed by atoms with E-state index in [1.54, 1.807) is 11.3 Å². The van der Waals surface area contributed by atoms with Gasteiger partial charge in [-0.1, -0.05) is 26.7 Å². The fraction of sp³-hybridized carbons (Fsp3) is 0.706. The van der Waals surface area contributed by atoms with Gasteiger partial charge in [0.1, 0.15) is 0 Å². The molecule has 1 aromatic heterocycles. The summed E-state index contributed by atoms with van der Waals surface area (Å²) in [6.45, 7) is 7.22. The molecule has 2 heterocycles. The molecule has 4 heteroatoms. The van der Waals surface area contributed by atoms with E-state index in [2.05, 4.69) is 40.9 Å². The smallest absolute Gasteiger partial charge is 0.220 e. The van der Waals surface area contributed by atoms with Crippen molar-refractivity contribution in [2.75, 3.05) is 19.6 Å². The Hall–Kier alpha value is -0.870. The lowest BCUT2D eigenvalue weighted by molar-refractivity contribution is -0.122. The van der Waals surface area contributed by atoms with E-state index in [4.69, 9.17) is 0 Å². The number of amides is 1. The number of likely N-dealkylation sites (tertiary alicyclic amines) is 1. The summed E-state index contributed by atoms with van der Waals surface area (Å²) in [6, 6.07) is 2.54. The second-order valence-corrected chi connectivity index (χ2v) is 7.20. The van der Waals surface area contributed by atoms with E-state index in [1.165, 1.54) is 31.2 Å². The van der Waals surface area contributed by atoms with E-state index >= 15 is 0 Å². The van der Waals surface area contributed by atoms with Crippen LogP contribution in [0.5, 0.6) is 0 Å². The van der Waals surface area contributed by atoms with Gasteiger partial charge < -0.3 is 5.32 Å². The van der Waals surface area contributed by atoms with Crippen LogP contribution in [0.1, 0.15) is 57.6 Å². The van der Waals surface area contributed by atoms with Gasteiger partial charge in [-0.3, -0.25) is 9.69 Å². The van der Waals surface area contributed by atoms with Crippen LogP contribution in [0.15, 0.2) is 16.8 Å². The molecule has 3 nitrogen and oxygen atoms in total. The van der Waals surface area contributed by atoms with Crippen LogP contribution < -0.4 is 5.32 Å². The monoisotopic (exact) mass is 308 g/mol. The van der Waals surface area contributed by atoms with E-state index in [0.29, 0.717) is 18.4 Å². The summed E-state index contributed by atoms with van der Waals surface area (Å²) in [7, 11) is 0. The maximum atomic E-state index is 12.0. The van der Waals surface area contributed by atoms with E-state index < -0.39 is 0 Å². The minimum absolute atomic E-state index is 0.181. The van der Waals surface area contributed by atoms with Gasteiger partial charge in [0.15, 0.2) is 0 Å². The van der Waals surface area contributed by atoms with Crippen LogP contribution in [0.2, 0.25) is 0 Å². The fourth-order valence-electron chi connectivity index (χ4n) is 2.98. The summed E-state index contributed by atoms with van der Waals surface area (Å²) < 4.78 is 0. The summed E-state index contributed by atoms with van der Waals surface area (Å²) >= 11 is 1.74. The van der Waals surface area contributed by atoms with E-state index in [1.807, 2.05) is 0 Å². The summed E-state index contributed by atoms with van der Waals surface area (Å²) in [5.74, 6) is 0.600. The predicted molar refractivity (Wildman–Crippen MR) is 89.6 cm³/mol. The Morgan fingerprint density at radius 2 is 2.00 bits per heavy atom. The standard InChI is InChI=1S/C17H28N2OS/c1-14(2)11-17(20)18-12-16(15-7-10-21-13-15)19-8-5-3-4-6-9-19/h7,10,13-14,16H,3-6,8-9,11-12H2,1-2H3,(H,18,20). The lowest BCUT2D eigenvalue weighted by Gasteiger charge is -2.30. The van der Waals surface area contributed by atoms with Gasteiger partial charge in [0.25, 0.3) is 0 Å². The van der Waals surface area contributed by atoms with Crippen molar-refractivity contribution in [3.8, 4) is 0 Å². The molecule has 1 aliphatic rings. The van der Waals surface area contributed by atoms with Crippen LogP contribution in [0.25, 0.3) is 0 Å². The normalized spacial score (nSPS) is 18.4. The van der Waals surface area contributed by atoms with Gasteiger partial charge in [0, 0.05) is 13.0 Å². The Morgan fingerprint density at radius 3 is 2.57 bits per heavy atom. The first-order chi connectivity index (χ1) is 10.2. The van der Waals surface area contributed by atoms with Gasteiger partial charge in [-0.15, -0.1) is 0 Å². The van der Waals surface area contributed by atoms with Crippen LogP contribution >= 0.6 is 11.3 Å². The molecule has 118 valence electrons. The first kappa shape index (κ1) is 16.5. The average molecular weight is 308 g/mol. The molecule has 21 heavy (non-hydrogen) atoms. The quantitative estimate of drug-likeness (QED) is 0.866. The zero-order valence-electron chi connectivity index (χ0n) is 13.3. The van der Waals surface area contributed by atoms with Crippen LogP contribution in [0.4, 0.5) is 0 Å². The maximum Gasteiger partial charge on any atom is 0.220 e. The Morgan fingerprint density at radius 1 is 1.29 bits per heavy atom. The Balaban J connectivity index is 1.97. The largest absolute Gasteiger partial charge is 0.354 e. The third kappa shape index (κ3) is 5.44. The van der Waals surface area contributed by atoms with Gasteiger partial charge in [-0.2, -0.15) is 11.3 Å². The summed E-state index contributed by atoms with van der Waals surface area (Å²) in [5.41, 5.74) is 1.35. The Labute approximate surface area is 132 Å². The zero-order valence-corrected chi connectivity index (χ0v) is 14.1. The molecular weight excluding hydrogens is 280 g/mol. The Bertz CT molecular complexity index is 408. The zero-order chi connectivity index (χ0) is 15.1. The van der Waals surface area contributed by atoms with Crippen LogP contribution in [-0.4, -0.2) is 30.4 Å². The third-order valence-electron chi connectivity index (χ3n) is 4.10. The SMILES string of the molecule is CC(C)CC(=O)NCC(c1ccsc1)N1CCCCCC1. The molecular formula is C17H28N2OS. The highest BCUT2D eigenvalue weighted by Gasteiger charge is 2.22. The van der Waals surface area contributed by atoms with Crippen molar-refractivity contribution >= 4 is 17.2 Å². The number of nitrogens with zero attached hydrogens (tertiary/aromatic N) is 1. The molecule has 1 aromatic rings. The molecule has 0 bridgehead atoms. The van der Waals surface area contributed by atoms with Crippen molar-refractivity contribution in [2.45, 2.75) is 52.0 Å². The minimum atomic E-state index is 0.181. The third-order valence-corrected chi connectivity index (χ3v) is 4.80. The van der Waals surface area contributed by atoms with Crippen LogP contribution in [0.3, 0.4) is 0 Å². The van der Waals surface area contributed by atoms with E-state index in [-0.39, 0.29) is 5.91 Å². The van der Waals surface area contributed by atoms with E-state index in [0.717, 1.165) is 19.6 Å². The second-order valence-electron chi connectivity index (χ2n) is 6.42. The number of carbonyl (C=O) groups excluding carboxylic acids is 1. The molecule has 1 unspecified atom stereocenters. The second kappa shape index (κ2) is 8.54. The van der Waals surface area contributed by atoms with Crippen molar-refractivity contribution < 1.29 is 4.79 Å². The molecule has 2 rings (SSSR count). The van der Waals surface area contributed by atoms with Crippen molar-refractivity contribution in [3.05, 3.63) is 22.4 Å². The molecule has 0 saturated carbocycles. The average Bonchev–Trinajstić information content (AvgIpc) is 2.81. The molecule has 1 atom stereocenters. The van der Waals surface area contributed by atoms with Crippen molar-refractivity contribution in [3.63, 3.8) is 0 Å². The fourth-order valence-corrected chi connectivity index (χ4v) is 3.69. The molecule has 1 saturated heterocycles. The van der Waals surface area contributed by atoms with Gasteiger partial charge in [-0.05, 0) is 54.2 Å². The topological polar surface area (TPSA) is 32.3 Å². The van der Waals surface area contributed by atoms with Crippen LogP contribution in [0, 0.1) is 5.92 Å². The first-order valence-corrected chi connectivity index (χ1v) is 9.14. The van der Waals surface area contributed by atoms with Crippen LogP contribution in [-0.2, 0) is 4.79 Å². The molecule has 0 radical (unpaired) electrons. The minimum Gasteiger partial charge on any atom is -0.354 e. The highest BCUT2D eigenvalue weighted by molar-refractivity contribution is 7.07. The molecule has 0 aliphatic carbocycles. The lowest BCUT2D eigenvalue weighted by Crippen LogP contribution is -2.38. The number of carbonyl (C=O) groups is 1. The highest BCUT2D eigenvalue weighted by Crippen LogP contribution is 2.25. The van der Waals surface area contributed by atoms with Gasteiger partial charge in [-0.25, -0.2) is 0 Å².